The summed E-state index contributed by atoms with van der Waals surface area (Å²) in [5.74, 6) is 0.146. The predicted molar refractivity (Wildman–Crippen MR) is 105 cm³/mol. The smallest absolute Gasteiger partial charge is 0.261 e. The molecule has 0 atom stereocenters. The summed E-state index contributed by atoms with van der Waals surface area (Å²) in [5.41, 5.74) is 0. The molecule has 0 aliphatic carbocycles. The maximum Gasteiger partial charge on any atom is 0.261 e. The number of hydrogen-bond acceptors (Lipinski definition) is 5. The van der Waals surface area contributed by atoms with Crippen molar-refractivity contribution in [2.24, 2.45) is 0 Å². The largest absolute Gasteiger partial charge is 0.351 e. The Morgan fingerprint density at radius 3 is 2.30 bits per heavy atom. The van der Waals surface area contributed by atoms with Crippen molar-refractivity contribution in [3.05, 3.63) is 22.4 Å². The molecule has 0 unspecified atom stereocenters. The molecule has 27 heavy (non-hydrogen) atoms. The van der Waals surface area contributed by atoms with Crippen LogP contribution in [-0.2, 0) is 9.59 Å². The van der Waals surface area contributed by atoms with Crippen LogP contribution in [0.1, 0.15) is 35.4 Å². The van der Waals surface area contributed by atoms with Gasteiger partial charge in [0.2, 0.25) is 11.8 Å². The fraction of sp³-hybridized carbons (Fsp3) is 0.632. The second kappa shape index (κ2) is 9.85. The number of nitrogens with one attached hydrogen (secondary N) is 1. The van der Waals surface area contributed by atoms with Crippen LogP contribution in [0.2, 0.25) is 0 Å². The van der Waals surface area contributed by atoms with Crippen molar-refractivity contribution in [2.75, 3.05) is 52.4 Å². The molecule has 148 valence electrons. The molecule has 1 aromatic heterocycles. The van der Waals surface area contributed by atoms with Crippen molar-refractivity contribution in [1.29, 1.82) is 0 Å². The van der Waals surface area contributed by atoms with Gasteiger partial charge in [0.25, 0.3) is 5.91 Å². The Labute approximate surface area is 164 Å². The summed E-state index contributed by atoms with van der Waals surface area (Å²) in [6.45, 7) is 5.32. The lowest BCUT2D eigenvalue weighted by molar-refractivity contribution is -0.135. The Kier molecular flexibility index (Phi) is 7.23. The van der Waals surface area contributed by atoms with Crippen molar-refractivity contribution in [1.82, 2.24) is 20.0 Å². The number of carbonyl (C=O) groups is 3. The quantitative estimate of drug-likeness (QED) is 0.785. The number of thiophene rings is 1. The standard InChI is InChI=1S/C19H28N4O3S/c24-17(6-7-20-19(26)16-5-4-14-27-16)23-12-10-21(11-13-23)15-18(25)22-8-2-1-3-9-22/h4-5,14H,1-3,6-13,15H2,(H,20,26). The minimum absolute atomic E-state index is 0.0588. The second-order valence-electron chi connectivity index (χ2n) is 7.08. The van der Waals surface area contributed by atoms with Crippen LogP contribution in [0.5, 0.6) is 0 Å². The van der Waals surface area contributed by atoms with E-state index in [0.29, 0.717) is 37.5 Å². The summed E-state index contributed by atoms with van der Waals surface area (Å²) >= 11 is 1.39. The Hall–Kier alpha value is -1.93. The summed E-state index contributed by atoms with van der Waals surface area (Å²) in [6.07, 6.45) is 3.75. The van der Waals surface area contributed by atoms with Crippen molar-refractivity contribution in [3.63, 3.8) is 0 Å². The number of piperazine rings is 1. The van der Waals surface area contributed by atoms with Crippen LogP contribution in [0.25, 0.3) is 0 Å². The summed E-state index contributed by atoms with van der Waals surface area (Å²) in [4.78, 5) is 43.1. The zero-order chi connectivity index (χ0) is 19.1. The van der Waals surface area contributed by atoms with Gasteiger partial charge in [0.05, 0.1) is 11.4 Å². The molecule has 8 heteroatoms. The summed E-state index contributed by atoms with van der Waals surface area (Å²) < 4.78 is 0. The van der Waals surface area contributed by atoms with Crippen molar-refractivity contribution >= 4 is 29.1 Å². The zero-order valence-electron chi connectivity index (χ0n) is 15.7. The van der Waals surface area contributed by atoms with E-state index in [1.165, 1.54) is 17.8 Å². The second-order valence-corrected chi connectivity index (χ2v) is 8.03. The van der Waals surface area contributed by atoms with Crippen LogP contribution in [0, 0.1) is 0 Å². The van der Waals surface area contributed by atoms with Gasteiger partial charge in [0.1, 0.15) is 0 Å². The molecule has 2 fully saturated rings. The van der Waals surface area contributed by atoms with E-state index in [0.717, 1.165) is 39.0 Å². The average Bonchev–Trinajstić information content (AvgIpc) is 3.24. The van der Waals surface area contributed by atoms with Crippen LogP contribution >= 0.6 is 11.3 Å². The normalized spacial score (nSPS) is 18.4. The van der Waals surface area contributed by atoms with E-state index in [1.54, 1.807) is 6.07 Å². The molecule has 0 bridgehead atoms. The first kappa shape index (κ1) is 19.8. The first-order valence-corrected chi connectivity index (χ1v) is 10.6. The van der Waals surface area contributed by atoms with Crippen LogP contribution in [-0.4, -0.2) is 84.8 Å². The number of piperidine rings is 1. The Bertz CT molecular complexity index is 635. The monoisotopic (exact) mass is 392 g/mol. The van der Waals surface area contributed by atoms with E-state index < -0.39 is 0 Å². The predicted octanol–water partition coefficient (Wildman–Crippen LogP) is 1.02. The van der Waals surface area contributed by atoms with Crippen LogP contribution in [0.3, 0.4) is 0 Å². The molecule has 3 amide bonds. The van der Waals surface area contributed by atoms with Crippen molar-refractivity contribution in [2.45, 2.75) is 25.7 Å². The van der Waals surface area contributed by atoms with E-state index >= 15 is 0 Å². The molecule has 7 nitrogen and oxygen atoms in total. The molecule has 0 aromatic carbocycles. The highest BCUT2D eigenvalue weighted by Crippen LogP contribution is 2.11. The Morgan fingerprint density at radius 1 is 0.926 bits per heavy atom. The number of nitrogens with zero attached hydrogens (tertiary/aromatic N) is 3. The molecule has 2 aliphatic rings. The first-order chi connectivity index (χ1) is 13.1. The molecular formula is C19H28N4O3S. The lowest BCUT2D eigenvalue weighted by atomic mass is 10.1. The molecule has 2 saturated heterocycles. The Morgan fingerprint density at radius 2 is 1.63 bits per heavy atom. The highest BCUT2D eigenvalue weighted by atomic mass is 32.1. The summed E-state index contributed by atoms with van der Waals surface area (Å²) in [7, 11) is 0. The van der Waals surface area contributed by atoms with E-state index in [2.05, 4.69) is 10.2 Å². The number of likely N-dealkylation sites (tertiary alicyclic amines) is 1. The molecular weight excluding hydrogens is 364 g/mol. The van der Waals surface area contributed by atoms with E-state index in [-0.39, 0.29) is 17.7 Å². The van der Waals surface area contributed by atoms with Crippen LogP contribution < -0.4 is 5.32 Å². The van der Waals surface area contributed by atoms with Gasteiger partial charge in [-0.15, -0.1) is 11.3 Å². The van der Waals surface area contributed by atoms with Gasteiger partial charge in [0.15, 0.2) is 0 Å². The first-order valence-electron chi connectivity index (χ1n) is 9.73. The minimum atomic E-state index is -0.126. The number of carbonyl (C=O) groups excluding carboxylic acids is 3. The van der Waals surface area contributed by atoms with Gasteiger partial charge in [0, 0.05) is 52.2 Å². The van der Waals surface area contributed by atoms with Gasteiger partial charge in [-0.3, -0.25) is 19.3 Å². The maximum absolute atomic E-state index is 12.3. The van der Waals surface area contributed by atoms with Gasteiger partial charge in [-0.1, -0.05) is 6.07 Å². The van der Waals surface area contributed by atoms with Crippen molar-refractivity contribution < 1.29 is 14.4 Å². The molecule has 3 heterocycles. The molecule has 1 N–H and O–H groups in total. The van der Waals surface area contributed by atoms with Gasteiger partial charge >= 0.3 is 0 Å². The third-order valence-electron chi connectivity index (χ3n) is 5.16. The third-order valence-corrected chi connectivity index (χ3v) is 6.03. The SMILES string of the molecule is O=C(NCCC(=O)N1CCN(CC(=O)N2CCCCC2)CC1)c1cccs1. The van der Waals surface area contributed by atoms with E-state index in [1.807, 2.05) is 21.2 Å². The van der Waals surface area contributed by atoms with Gasteiger partial charge in [-0.05, 0) is 30.7 Å². The highest BCUT2D eigenvalue weighted by Gasteiger charge is 2.24. The molecule has 0 radical (unpaired) electrons. The lowest BCUT2D eigenvalue weighted by Gasteiger charge is -2.36. The van der Waals surface area contributed by atoms with Gasteiger partial charge < -0.3 is 15.1 Å². The molecule has 0 saturated carbocycles. The molecule has 0 spiro atoms. The number of rotatable bonds is 6. The fourth-order valence-corrected chi connectivity index (χ4v) is 4.17. The number of hydrogen-bond donors (Lipinski definition) is 1. The fourth-order valence-electron chi connectivity index (χ4n) is 3.53. The summed E-state index contributed by atoms with van der Waals surface area (Å²) in [6, 6.07) is 3.60. The minimum Gasteiger partial charge on any atom is -0.351 e. The number of amides is 3. The molecule has 3 rings (SSSR count). The highest BCUT2D eigenvalue weighted by molar-refractivity contribution is 7.12. The lowest BCUT2D eigenvalue weighted by Crippen LogP contribution is -2.52. The van der Waals surface area contributed by atoms with Gasteiger partial charge in [-0.2, -0.15) is 0 Å². The topological polar surface area (TPSA) is 73.0 Å². The van der Waals surface area contributed by atoms with Gasteiger partial charge in [-0.25, -0.2) is 0 Å². The Balaban J connectivity index is 1.32. The average molecular weight is 393 g/mol. The van der Waals surface area contributed by atoms with E-state index in [4.69, 9.17) is 0 Å². The third kappa shape index (κ3) is 5.77. The zero-order valence-corrected chi connectivity index (χ0v) is 16.5. The van der Waals surface area contributed by atoms with Crippen LogP contribution in [0.4, 0.5) is 0 Å². The molecule has 1 aromatic rings. The maximum atomic E-state index is 12.3. The van der Waals surface area contributed by atoms with Crippen LogP contribution in [0.15, 0.2) is 17.5 Å². The van der Waals surface area contributed by atoms with E-state index in [9.17, 15) is 14.4 Å². The molecule has 2 aliphatic heterocycles. The van der Waals surface area contributed by atoms with Crippen molar-refractivity contribution in [3.8, 4) is 0 Å². The summed E-state index contributed by atoms with van der Waals surface area (Å²) in [5, 5.41) is 4.65.